The molecule has 3 aromatic rings. The summed E-state index contributed by atoms with van der Waals surface area (Å²) in [4.78, 5) is 26.2. The van der Waals surface area contributed by atoms with Gasteiger partial charge >= 0.3 is 12.1 Å². The van der Waals surface area contributed by atoms with E-state index >= 15 is 0 Å². The number of nitrogens with zero attached hydrogens (tertiary/aromatic N) is 1. The summed E-state index contributed by atoms with van der Waals surface area (Å²) in [5.41, 5.74) is 0.154. The number of alkyl halides is 3. The van der Waals surface area contributed by atoms with Crippen LogP contribution in [0.15, 0.2) is 35.1 Å². The molecule has 0 atom stereocenters. The van der Waals surface area contributed by atoms with E-state index in [-0.39, 0.29) is 24.5 Å². The van der Waals surface area contributed by atoms with Crippen LogP contribution >= 0.6 is 0 Å². The Balaban J connectivity index is 2.11. The molecule has 1 aromatic carbocycles. The summed E-state index contributed by atoms with van der Waals surface area (Å²) in [6.07, 6.45) is -4.06. The highest BCUT2D eigenvalue weighted by Crippen LogP contribution is 2.31. The number of carbonyl (C=O) groups is 1. The normalized spacial score (nSPS) is 12.0. The van der Waals surface area contributed by atoms with E-state index in [0.29, 0.717) is 23.1 Å². The molecule has 0 aliphatic rings. The molecule has 132 valence electrons. The summed E-state index contributed by atoms with van der Waals surface area (Å²) in [7, 11) is 0. The van der Waals surface area contributed by atoms with Gasteiger partial charge in [0.2, 0.25) is 0 Å². The molecule has 0 bridgehead atoms. The quantitative estimate of drug-likeness (QED) is 0.733. The van der Waals surface area contributed by atoms with Gasteiger partial charge in [-0.3, -0.25) is 9.59 Å². The van der Waals surface area contributed by atoms with Crippen molar-refractivity contribution in [3.05, 3.63) is 51.9 Å². The molecule has 0 amide bonds. The molecule has 1 N–H and O–H groups in total. The molecule has 0 spiro atoms. The number of esters is 1. The molecule has 25 heavy (non-hydrogen) atoms. The minimum Gasteiger partial charge on any atom is -0.466 e. The standard InChI is InChI=1S/C17H15F3N2O3/c1-2-25-15(23)8-5-11-4-7-14-16(24)21-12-9-10(17(18,19)20)3-6-13(12)22(11)14/h3-4,6-7,9H,2,5,8H2,1H3,(H,21,24). The molecule has 0 unspecified atom stereocenters. The van der Waals surface area contributed by atoms with Crippen LogP contribution in [0.4, 0.5) is 13.2 Å². The van der Waals surface area contributed by atoms with Gasteiger partial charge in [0.15, 0.2) is 0 Å². The first-order chi connectivity index (χ1) is 11.8. The minimum atomic E-state index is -4.50. The number of aryl methyl sites for hydroxylation is 1. The summed E-state index contributed by atoms with van der Waals surface area (Å²) in [5.74, 6) is -0.369. The van der Waals surface area contributed by atoms with E-state index in [1.807, 2.05) is 0 Å². The molecule has 2 aromatic heterocycles. The summed E-state index contributed by atoms with van der Waals surface area (Å²) in [5, 5.41) is 0. The van der Waals surface area contributed by atoms with E-state index in [9.17, 15) is 22.8 Å². The van der Waals surface area contributed by atoms with Gasteiger partial charge in [-0.25, -0.2) is 0 Å². The molecular weight excluding hydrogens is 337 g/mol. The van der Waals surface area contributed by atoms with E-state index in [2.05, 4.69) is 4.98 Å². The number of benzene rings is 1. The molecule has 2 heterocycles. The number of carbonyl (C=O) groups excluding carboxylic acids is 1. The van der Waals surface area contributed by atoms with Crippen LogP contribution in [0.5, 0.6) is 0 Å². The summed E-state index contributed by atoms with van der Waals surface area (Å²) >= 11 is 0. The van der Waals surface area contributed by atoms with E-state index in [1.54, 1.807) is 23.5 Å². The van der Waals surface area contributed by atoms with Crippen LogP contribution < -0.4 is 5.56 Å². The lowest BCUT2D eigenvalue weighted by atomic mass is 10.1. The average Bonchev–Trinajstić information content (AvgIpc) is 2.97. The van der Waals surface area contributed by atoms with Crippen LogP contribution in [-0.2, 0) is 22.1 Å². The second-order valence-corrected chi connectivity index (χ2v) is 5.53. The van der Waals surface area contributed by atoms with Gasteiger partial charge < -0.3 is 14.1 Å². The Morgan fingerprint density at radius 2 is 1.92 bits per heavy atom. The maximum Gasteiger partial charge on any atom is 0.416 e. The zero-order valence-corrected chi connectivity index (χ0v) is 13.3. The lowest BCUT2D eigenvalue weighted by Gasteiger charge is -2.10. The predicted molar refractivity (Wildman–Crippen MR) is 85.5 cm³/mol. The molecule has 0 saturated heterocycles. The van der Waals surface area contributed by atoms with Gasteiger partial charge in [0.25, 0.3) is 5.56 Å². The molecule has 0 aliphatic carbocycles. The van der Waals surface area contributed by atoms with Crippen molar-refractivity contribution in [1.82, 2.24) is 9.38 Å². The van der Waals surface area contributed by atoms with Crippen molar-refractivity contribution in [2.75, 3.05) is 6.61 Å². The maximum absolute atomic E-state index is 12.9. The Hall–Kier alpha value is -2.77. The number of nitrogens with one attached hydrogen (secondary N) is 1. The zero-order chi connectivity index (χ0) is 18.2. The van der Waals surface area contributed by atoms with Crippen molar-refractivity contribution in [3.8, 4) is 0 Å². The van der Waals surface area contributed by atoms with Crippen molar-refractivity contribution in [2.24, 2.45) is 0 Å². The topological polar surface area (TPSA) is 63.6 Å². The van der Waals surface area contributed by atoms with Gasteiger partial charge in [0.05, 0.1) is 29.6 Å². The van der Waals surface area contributed by atoms with E-state index in [1.165, 1.54) is 6.07 Å². The molecule has 8 heteroatoms. The fraction of sp³-hybridized carbons (Fsp3) is 0.294. The Kier molecular flexibility index (Phi) is 4.28. The molecular formula is C17H15F3N2O3. The highest BCUT2D eigenvalue weighted by Gasteiger charge is 2.30. The Morgan fingerprint density at radius 3 is 2.60 bits per heavy atom. The minimum absolute atomic E-state index is 0.0842. The smallest absolute Gasteiger partial charge is 0.416 e. The van der Waals surface area contributed by atoms with E-state index in [0.717, 1.165) is 12.1 Å². The second-order valence-electron chi connectivity index (χ2n) is 5.53. The molecule has 5 nitrogen and oxygen atoms in total. The number of H-pyrrole nitrogens is 1. The largest absolute Gasteiger partial charge is 0.466 e. The fourth-order valence-corrected chi connectivity index (χ4v) is 2.79. The fourth-order valence-electron chi connectivity index (χ4n) is 2.79. The summed E-state index contributed by atoms with van der Waals surface area (Å²) in [6.45, 7) is 1.98. The number of aromatic amines is 1. The van der Waals surface area contributed by atoms with Gasteiger partial charge in [-0.05, 0) is 43.7 Å². The van der Waals surface area contributed by atoms with Crippen molar-refractivity contribution in [2.45, 2.75) is 25.9 Å². The third-order valence-electron chi connectivity index (χ3n) is 3.90. The number of aromatic nitrogens is 2. The second kappa shape index (κ2) is 6.27. The first-order valence-corrected chi connectivity index (χ1v) is 7.70. The number of hydrogen-bond acceptors (Lipinski definition) is 3. The SMILES string of the molecule is CCOC(=O)CCc1ccc2c(=O)[nH]c3cc(C(F)(F)F)ccc3n12. The third-order valence-corrected chi connectivity index (χ3v) is 3.90. The number of halogens is 3. The maximum atomic E-state index is 12.9. The van der Waals surface area contributed by atoms with E-state index in [4.69, 9.17) is 4.74 Å². The zero-order valence-electron chi connectivity index (χ0n) is 13.3. The van der Waals surface area contributed by atoms with Gasteiger partial charge in [-0.2, -0.15) is 13.2 Å². The van der Waals surface area contributed by atoms with Crippen molar-refractivity contribution in [1.29, 1.82) is 0 Å². The van der Waals surface area contributed by atoms with Gasteiger partial charge in [-0.15, -0.1) is 0 Å². The first kappa shape index (κ1) is 17.1. The van der Waals surface area contributed by atoms with E-state index < -0.39 is 17.3 Å². The Labute approximate surface area is 140 Å². The Morgan fingerprint density at radius 1 is 1.20 bits per heavy atom. The van der Waals surface area contributed by atoms with Crippen LogP contribution in [0.25, 0.3) is 16.6 Å². The number of rotatable bonds is 4. The van der Waals surface area contributed by atoms with Crippen molar-refractivity contribution < 1.29 is 22.7 Å². The highest BCUT2D eigenvalue weighted by molar-refractivity contribution is 5.80. The Bertz CT molecular complexity index is 1000. The van der Waals surface area contributed by atoms with Crippen molar-refractivity contribution >= 4 is 22.5 Å². The van der Waals surface area contributed by atoms with Gasteiger partial charge in [0, 0.05) is 5.69 Å². The molecule has 3 rings (SSSR count). The van der Waals surface area contributed by atoms with Gasteiger partial charge in [0.1, 0.15) is 5.52 Å². The third kappa shape index (κ3) is 3.24. The average molecular weight is 352 g/mol. The van der Waals surface area contributed by atoms with Crippen LogP contribution in [0.1, 0.15) is 24.6 Å². The van der Waals surface area contributed by atoms with Gasteiger partial charge in [-0.1, -0.05) is 0 Å². The molecule has 0 saturated carbocycles. The van der Waals surface area contributed by atoms with Crippen LogP contribution in [0.2, 0.25) is 0 Å². The number of ether oxygens (including phenoxy) is 1. The lowest BCUT2D eigenvalue weighted by Crippen LogP contribution is -2.13. The molecule has 0 radical (unpaired) electrons. The molecule has 0 aliphatic heterocycles. The molecule has 0 fully saturated rings. The predicted octanol–water partition coefficient (Wildman–Crippen LogP) is 3.30. The summed E-state index contributed by atoms with van der Waals surface area (Å²) in [6, 6.07) is 6.45. The summed E-state index contributed by atoms with van der Waals surface area (Å²) < 4.78 is 45.1. The van der Waals surface area contributed by atoms with Crippen LogP contribution in [0.3, 0.4) is 0 Å². The number of fused-ring (bicyclic) bond motifs is 3. The monoisotopic (exact) mass is 352 g/mol. The van der Waals surface area contributed by atoms with Crippen LogP contribution in [0, 0.1) is 0 Å². The van der Waals surface area contributed by atoms with Crippen molar-refractivity contribution in [3.63, 3.8) is 0 Å². The number of hydrogen-bond donors (Lipinski definition) is 1. The lowest BCUT2D eigenvalue weighted by molar-refractivity contribution is -0.143. The van der Waals surface area contributed by atoms with Crippen LogP contribution in [-0.4, -0.2) is 22.0 Å². The highest BCUT2D eigenvalue weighted by atomic mass is 19.4. The first-order valence-electron chi connectivity index (χ1n) is 7.70.